The highest BCUT2D eigenvalue weighted by atomic mass is 35.5. The van der Waals surface area contributed by atoms with Crippen molar-refractivity contribution in [2.45, 2.75) is 55.6 Å². The highest BCUT2D eigenvalue weighted by molar-refractivity contribution is 7.89. The summed E-state index contributed by atoms with van der Waals surface area (Å²) in [6.07, 6.45) is 6.68. The molecule has 0 amide bonds. The highest BCUT2D eigenvalue weighted by Gasteiger charge is 2.28. The van der Waals surface area contributed by atoms with E-state index in [0.29, 0.717) is 13.2 Å². The third kappa shape index (κ3) is 4.45. The highest BCUT2D eigenvalue weighted by Crippen LogP contribution is 2.22. The maximum absolute atomic E-state index is 12.5. The predicted octanol–water partition coefficient (Wildman–Crippen LogP) is 1.08. The van der Waals surface area contributed by atoms with Crippen molar-refractivity contribution >= 4 is 22.4 Å². The van der Waals surface area contributed by atoms with Crippen molar-refractivity contribution in [1.29, 1.82) is 0 Å². The Hall–Kier alpha value is -0.670. The third-order valence-electron chi connectivity index (χ3n) is 4.52. The largest absolute Gasteiger partial charge is 0.381 e. The summed E-state index contributed by atoms with van der Waals surface area (Å²) in [6, 6.07) is 0.312. The van der Waals surface area contributed by atoms with Crippen LogP contribution in [0.4, 0.5) is 0 Å². The molecular weight excluding hydrogens is 340 g/mol. The summed E-state index contributed by atoms with van der Waals surface area (Å²) >= 11 is 0. The lowest BCUT2D eigenvalue weighted by atomic mass is 10.0. The molecule has 2 aliphatic heterocycles. The smallest absolute Gasteiger partial charge is 0.243 e. The van der Waals surface area contributed by atoms with E-state index in [2.05, 4.69) is 15.1 Å². The molecule has 0 radical (unpaired) electrons. The molecule has 0 saturated carbocycles. The summed E-state index contributed by atoms with van der Waals surface area (Å²) in [5.74, 6) is 0. The molecule has 1 aromatic rings. The van der Waals surface area contributed by atoms with Gasteiger partial charge in [0.25, 0.3) is 0 Å². The van der Waals surface area contributed by atoms with Crippen molar-refractivity contribution in [3.63, 3.8) is 0 Å². The minimum absolute atomic E-state index is 0. The van der Waals surface area contributed by atoms with Crippen LogP contribution in [0.2, 0.25) is 0 Å². The standard InChI is InChI=1S/C14H24N4O3S.ClH/c1-11-14(3-2-6-15-11)17-22(19,20)13-9-16-18(10-13)12-4-7-21-8-5-12;/h9-12,14-15,17H,2-8H2,1H3;1H. The lowest BCUT2D eigenvalue weighted by Gasteiger charge is -2.30. The number of hydrogen-bond donors (Lipinski definition) is 2. The fraction of sp³-hybridized carbons (Fsp3) is 0.786. The van der Waals surface area contributed by atoms with Gasteiger partial charge in [0.15, 0.2) is 0 Å². The zero-order valence-electron chi connectivity index (χ0n) is 13.3. The van der Waals surface area contributed by atoms with E-state index in [1.165, 1.54) is 6.20 Å². The summed E-state index contributed by atoms with van der Waals surface area (Å²) < 4.78 is 35.0. The number of ether oxygens (including phenoxy) is 1. The monoisotopic (exact) mass is 364 g/mol. The lowest BCUT2D eigenvalue weighted by molar-refractivity contribution is 0.0662. The fourth-order valence-corrected chi connectivity index (χ4v) is 4.37. The molecule has 2 atom stereocenters. The molecule has 2 unspecified atom stereocenters. The molecule has 0 aliphatic carbocycles. The molecule has 3 heterocycles. The zero-order valence-corrected chi connectivity index (χ0v) is 14.9. The number of sulfonamides is 1. The van der Waals surface area contributed by atoms with Crippen LogP contribution in [-0.2, 0) is 14.8 Å². The molecule has 2 N–H and O–H groups in total. The van der Waals surface area contributed by atoms with E-state index in [1.54, 1.807) is 10.9 Å². The summed E-state index contributed by atoms with van der Waals surface area (Å²) in [4.78, 5) is 0.247. The van der Waals surface area contributed by atoms with E-state index < -0.39 is 10.0 Å². The van der Waals surface area contributed by atoms with E-state index in [4.69, 9.17) is 4.74 Å². The van der Waals surface area contributed by atoms with Gasteiger partial charge in [0, 0.05) is 31.5 Å². The van der Waals surface area contributed by atoms with E-state index in [9.17, 15) is 8.42 Å². The van der Waals surface area contributed by atoms with Crippen LogP contribution in [0.5, 0.6) is 0 Å². The third-order valence-corrected chi connectivity index (χ3v) is 5.97. The van der Waals surface area contributed by atoms with Gasteiger partial charge in [-0.05, 0) is 39.2 Å². The van der Waals surface area contributed by atoms with Crippen molar-refractivity contribution < 1.29 is 13.2 Å². The van der Waals surface area contributed by atoms with Gasteiger partial charge in [0.05, 0.1) is 12.2 Å². The second-order valence-corrected chi connectivity index (χ2v) is 7.83. The van der Waals surface area contributed by atoms with Crippen LogP contribution < -0.4 is 10.0 Å². The molecule has 2 aliphatic rings. The summed E-state index contributed by atoms with van der Waals surface area (Å²) in [6.45, 7) is 4.37. The van der Waals surface area contributed by atoms with Crippen LogP contribution in [0.25, 0.3) is 0 Å². The topological polar surface area (TPSA) is 85.3 Å². The molecule has 1 aromatic heterocycles. The summed E-state index contributed by atoms with van der Waals surface area (Å²) in [5.41, 5.74) is 0. The maximum atomic E-state index is 12.5. The summed E-state index contributed by atoms with van der Waals surface area (Å²) in [5, 5.41) is 7.55. The van der Waals surface area contributed by atoms with Gasteiger partial charge in [-0.3, -0.25) is 4.68 Å². The number of halogens is 1. The van der Waals surface area contributed by atoms with Crippen molar-refractivity contribution in [1.82, 2.24) is 19.8 Å². The number of rotatable bonds is 4. The molecular formula is C14H25ClN4O3S. The first-order chi connectivity index (χ1) is 10.6. The number of aromatic nitrogens is 2. The Balaban J connectivity index is 0.00000192. The van der Waals surface area contributed by atoms with Gasteiger partial charge in [0.1, 0.15) is 4.90 Å². The Labute approximate surface area is 143 Å². The van der Waals surface area contributed by atoms with Gasteiger partial charge in [-0.15, -0.1) is 12.4 Å². The minimum atomic E-state index is -3.52. The van der Waals surface area contributed by atoms with Gasteiger partial charge in [-0.1, -0.05) is 0 Å². The first-order valence-electron chi connectivity index (χ1n) is 7.94. The number of nitrogens with zero attached hydrogens (tertiary/aromatic N) is 2. The SMILES string of the molecule is CC1NCCCC1NS(=O)(=O)c1cnn(C2CCOCC2)c1.Cl. The van der Waals surface area contributed by atoms with Crippen LogP contribution in [0, 0.1) is 0 Å². The van der Waals surface area contributed by atoms with E-state index in [-0.39, 0.29) is 35.4 Å². The molecule has 9 heteroatoms. The molecule has 0 bridgehead atoms. The first-order valence-corrected chi connectivity index (χ1v) is 9.42. The van der Waals surface area contributed by atoms with Crippen LogP contribution >= 0.6 is 12.4 Å². The number of nitrogens with one attached hydrogen (secondary N) is 2. The van der Waals surface area contributed by atoms with Gasteiger partial charge in [-0.2, -0.15) is 5.10 Å². The Morgan fingerprint density at radius 3 is 2.78 bits per heavy atom. The molecule has 23 heavy (non-hydrogen) atoms. The molecule has 3 rings (SSSR count). The quantitative estimate of drug-likeness (QED) is 0.834. The molecule has 132 valence electrons. The van der Waals surface area contributed by atoms with Crippen molar-refractivity contribution in [3.05, 3.63) is 12.4 Å². The average Bonchev–Trinajstić information content (AvgIpc) is 3.01. The van der Waals surface area contributed by atoms with Crippen molar-refractivity contribution in [2.24, 2.45) is 0 Å². The zero-order chi connectivity index (χ0) is 15.6. The molecule has 0 spiro atoms. The molecule has 2 saturated heterocycles. The Kier molecular flexibility index (Phi) is 6.44. The summed E-state index contributed by atoms with van der Waals surface area (Å²) in [7, 11) is -3.52. The van der Waals surface area contributed by atoms with Gasteiger partial charge >= 0.3 is 0 Å². The first kappa shape index (κ1) is 18.7. The number of hydrogen-bond acceptors (Lipinski definition) is 5. The Bertz CT molecular complexity index is 601. The second-order valence-electron chi connectivity index (χ2n) is 6.11. The minimum Gasteiger partial charge on any atom is -0.381 e. The molecule has 2 fully saturated rings. The Morgan fingerprint density at radius 2 is 2.09 bits per heavy atom. The van der Waals surface area contributed by atoms with Crippen molar-refractivity contribution in [2.75, 3.05) is 19.8 Å². The number of piperidine rings is 1. The second kappa shape index (κ2) is 7.94. The van der Waals surface area contributed by atoms with Crippen LogP contribution in [0.1, 0.15) is 38.6 Å². The fourth-order valence-electron chi connectivity index (χ4n) is 3.08. The van der Waals surface area contributed by atoms with Crippen LogP contribution in [-0.4, -0.2) is 50.0 Å². The molecule has 7 nitrogen and oxygen atoms in total. The van der Waals surface area contributed by atoms with E-state index in [0.717, 1.165) is 32.2 Å². The Morgan fingerprint density at radius 1 is 1.35 bits per heavy atom. The average molecular weight is 365 g/mol. The predicted molar refractivity (Wildman–Crippen MR) is 89.4 cm³/mol. The normalized spacial score (nSPS) is 26.7. The molecule has 0 aromatic carbocycles. The van der Waals surface area contributed by atoms with Gasteiger partial charge < -0.3 is 10.1 Å². The van der Waals surface area contributed by atoms with Gasteiger partial charge in [0.2, 0.25) is 10.0 Å². The maximum Gasteiger partial charge on any atom is 0.243 e. The van der Waals surface area contributed by atoms with E-state index >= 15 is 0 Å². The van der Waals surface area contributed by atoms with Crippen LogP contribution in [0.3, 0.4) is 0 Å². The van der Waals surface area contributed by atoms with Gasteiger partial charge in [-0.25, -0.2) is 13.1 Å². The lowest BCUT2D eigenvalue weighted by Crippen LogP contribution is -2.51. The van der Waals surface area contributed by atoms with Crippen LogP contribution in [0.15, 0.2) is 17.3 Å². The van der Waals surface area contributed by atoms with E-state index in [1.807, 2.05) is 6.92 Å². The van der Waals surface area contributed by atoms with Crippen molar-refractivity contribution in [3.8, 4) is 0 Å².